The van der Waals surface area contributed by atoms with Crippen LogP contribution in [-0.4, -0.2) is 35.9 Å². The van der Waals surface area contributed by atoms with Crippen LogP contribution >= 0.6 is 0 Å². The quantitative estimate of drug-likeness (QED) is 0.679. The summed E-state index contributed by atoms with van der Waals surface area (Å²) in [6, 6.07) is 14.5. The molecule has 2 N–H and O–H groups in total. The van der Waals surface area contributed by atoms with Crippen molar-refractivity contribution in [1.29, 1.82) is 0 Å². The van der Waals surface area contributed by atoms with Crippen LogP contribution in [0.15, 0.2) is 48.5 Å². The maximum absolute atomic E-state index is 10.9. The molecule has 132 valence electrons. The van der Waals surface area contributed by atoms with E-state index in [1.54, 1.807) is 31.4 Å². The van der Waals surface area contributed by atoms with Crippen LogP contribution in [0.25, 0.3) is 0 Å². The highest BCUT2D eigenvalue weighted by Crippen LogP contribution is 2.17. The number of hydrogen-bond acceptors (Lipinski definition) is 4. The second kappa shape index (κ2) is 8.73. The third kappa shape index (κ3) is 5.53. The van der Waals surface area contributed by atoms with Crippen LogP contribution in [0.4, 0.5) is 0 Å². The largest absolute Gasteiger partial charge is 0.497 e. The third-order valence-corrected chi connectivity index (χ3v) is 3.78. The van der Waals surface area contributed by atoms with Gasteiger partial charge in [0.05, 0.1) is 13.7 Å². The zero-order valence-corrected chi connectivity index (χ0v) is 13.8. The minimum absolute atomic E-state index is 0.0587. The Bertz CT molecular complexity index is 692. The molecule has 0 saturated carbocycles. The molecule has 0 unspecified atom stereocenters. The zero-order valence-electron chi connectivity index (χ0n) is 13.8. The lowest BCUT2D eigenvalue weighted by molar-refractivity contribution is -0.154. The Labute approximate surface area is 145 Å². The number of hydrogen-bond donors (Lipinski definition) is 2. The maximum Gasteiger partial charge on any atom is 0.318 e. The van der Waals surface area contributed by atoms with E-state index in [1.807, 2.05) is 24.3 Å². The van der Waals surface area contributed by atoms with Crippen molar-refractivity contribution >= 4 is 11.9 Å². The number of ether oxygens (including phenoxy) is 2. The van der Waals surface area contributed by atoms with Gasteiger partial charge in [0.2, 0.25) is 0 Å². The van der Waals surface area contributed by atoms with Gasteiger partial charge in [-0.2, -0.15) is 0 Å². The van der Waals surface area contributed by atoms with E-state index in [9.17, 15) is 9.59 Å². The molecular weight excluding hydrogens is 324 g/mol. The summed E-state index contributed by atoms with van der Waals surface area (Å²) >= 11 is 0. The van der Waals surface area contributed by atoms with E-state index in [0.29, 0.717) is 17.9 Å². The van der Waals surface area contributed by atoms with E-state index in [2.05, 4.69) is 0 Å². The van der Waals surface area contributed by atoms with Crippen LogP contribution in [0.5, 0.6) is 11.5 Å². The second-order valence-corrected chi connectivity index (χ2v) is 5.52. The summed E-state index contributed by atoms with van der Waals surface area (Å²) in [7, 11) is 1.62. The average Bonchev–Trinajstić information content (AvgIpc) is 2.61. The minimum Gasteiger partial charge on any atom is -0.497 e. The van der Waals surface area contributed by atoms with Crippen molar-refractivity contribution in [2.45, 2.75) is 12.8 Å². The average molecular weight is 344 g/mol. The van der Waals surface area contributed by atoms with Crippen LogP contribution in [-0.2, 0) is 22.4 Å². The summed E-state index contributed by atoms with van der Waals surface area (Å²) in [6.45, 7) is 0.499. The monoisotopic (exact) mass is 344 g/mol. The Morgan fingerprint density at radius 3 is 1.92 bits per heavy atom. The third-order valence-electron chi connectivity index (χ3n) is 3.78. The normalized spacial score (nSPS) is 10.5. The fourth-order valence-corrected chi connectivity index (χ4v) is 2.32. The highest BCUT2D eigenvalue weighted by atomic mass is 16.5. The number of carbonyl (C=O) groups is 2. The SMILES string of the molecule is COc1ccc(CCOc2ccc(CC(C(=O)O)C(=O)O)cc2)cc1. The number of benzene rings is 2. The fraction of sp³-hybridized carbons (Fsp3) is 0.263. The van der Waals surface area contributed by atoms with Crippen LogP contribution in [0.3, 0.4) is 0 Å². The van der Waals surface area contributed by atoms with Gasteiger partial charge in [-0.1, -0.05) is 24.3 Å². The molecule has 0 aromatic heterocycles. The summed E-state index contributed by atoms with van der Waals surface area (Å²) in [4.78, 5) is 21.8. The molecule has 2 aromatic rings. The molecule has 0 radical (unpaired) electrons. The highest BCUT2D eigenvalue weighted by molar-refractivity contribution is 5.93. The molecule has 0 fully saturated rings. The number of carboxylic acid groups (broad SMARTS) is 2. The molecule has 2 rings (SSSR count). The molecule has 2 aromatic carbocycles. The van der Waals surface area contributed by atoms with Crippen LogP contribution in [0.1, 0.15) is 11.1 Å². The van der Waals surface area contributed by atoms with E-state index >= 15 is 0 Å². The molecule has 6 nitrogen and oxygen atoms in total. The van der Waals surface area contributed by atoms with Gasteiger partial charge in [-0.25, -0.2) is 0 Å². The van der Waals surface area contributed by atoms with Crippen LogP contribution in [0, 0.1) is 5.92 Å². The van der Waals surface area contributed by atoms with E-state index in [4.69, 9.17) is 19.7 Å². The van der Waals surface area contributed by atoms with Gasteiger partial charge < -0.3 is 19.7 Å². The molecule has 25 heavy (non-hydrogen) atoms. The standard InChI is InChI=1S/C19H20O6/c1-24-15-6-2-13(3-7-15)10-11-25-16-8-4-14(5-9-16)12-17(18(20)21)19(22)23/h2-9,17H,10-12H2,1H3,(H,20,21)(H,22,23). The molecule has 6 heteroatoms. The number of rotatable bonds is 9. The van der Waals surface area contributed by atoms with Crippen molar-refractivity contribution < 1.29 is 29.3 Å². The Morgan fingerprint density at radius 1 is 0.880 bits per heavy atom. The van der Waals surface area contributed by atoms with E-state index < -0.39 is 17.9 Å². The lowest BCUT2D eigenvalue weighted by atomic mass is 10.00. The summed E-state index contributed by atoms with van der Waals surface area (Å²) in [5.74, 6) is -2.66. The Balaban J connectivity index is 1.85. The molecular formula is C19H20O6. The number of carboxylic acids is 2. The molecule has 0 aliphatic carbocycles. The predicted molar refractivity (Wildman–Crippen MR) is 91.1 cm³/mol. The van der Waals surface area contributed by atoms with Gasteiger partial charge in [0, 0.05) is 6.42 Å². The number of aliphatic carboxylic acids is 2. The first kappa shape index (κ1) is 18.3. The van der Waals surface area contributed by atoms with Crippen molar-refractivity contribution in [3.8, 4) is 11.5 Å². The predicted octanol–water partition coefficient (Wildman–Crippen LogP) is 2.64. The minimum atomic E-state index is -1.44. The van der Waals surface area contributed by atoms with Crippen LogP contribution in [0.2, 0.25) is 0 Å². The molecule has 0 amide bonds. The first-order valence-electron chi connectivity index (χ1n) is 7.80. The van der Waals surface area contributed by atoms with Gasteiger partial charge in [0.1, 0.15) is 11.5 Å². The first-order valence-corrected chi connectivity index (χ1v) is 7.80. The summed E-state index contributed by atoms with van der Waals surface area (Å²) in [5, 5.41) is 17.8. The summed E-state index contributed by atoms with van der Waals surface area (Å²) in [5.41, 5.74) is 1.76. The van der Waals surface area contributed by atoms with Crippen molar-refractivity contribution in [2.75, 3.05) is 13.7 Å². The van der Waals surface area contributed by atoms with Crippen molar-refractivity contribution in [3.05, 3.63) is 59.7 Å². The van der Waals surface area contributed by atoms with Crippen molar-refractivity contribution in [1.82, 2.24) is 0 Å². The van der Waals surface area contributed by atoms with Crippen LogP contribution < -0.4 is 9.47 Å². The van der Waals surface area contributed by atoms with Gasteiger partial charge in [0.25, 0.3) is 0 Å². The lowest BCUT2D eigenvalue weighted by Crippen LogP contribution is -2.25. The number of methoxy groups -OCH3 is 1. The van der Waals surface area contributed by atoms with E-state index in [-0.39, 0.29) is 6.42 Å². The van der Waals surface area contributed by atoms with Gasteiger partial charge in [-0.05, 0) is 41.8 Å². The lowest BCUT2D eigenvalue weighted by Gasteiger charge is -2.10. The first-order chi connectivity index (χ1) is 12.0. The molecule has 0 saturated heterocycles. The Hall–Kier alpha value is -3.02. The maximum atomic E-state index is 10.9. The Kier molecular flexibility index (Phi) is 6.39. The molecule has 0 bridgehead atoms. The topological polar surface area (TPSA) is 93.1 Å². The van der Waals surface area contributed by atoms with Gasteiger partial charge >= 0.3 is 11.9 Å². The zero-order chi connectivity index (χ0) is 18.2. The molecule has 0 aliphatic heterocycles. The smallest absolute Gasteiger partial charge is 0.318 e. The van der Waals surface area contributed by atoms with Crippen molar-refractivity contribution in [3.63, 3.8) is 0 Å². The van der Waals surface area contributed by atoms with Gasteiger partial charge in [-0.3, -0.25) is 9.59 Å². The van der Waals surface area contributed by atoms with E-state index in [1.165, 1.54) is 0 Å². The van der Waals surface area contributed by atoms with Crippen molar-refractivity contribution in [2.24, 2.45) is 5.92 Å². The van der Waals surface area contributed by atoms with Gasteiger partial charge in [0.15, 0.2) is 5.92 Å². The molecule has 0 heterocycles. The fourth-order valence-electron chi connectivity index (χ4n) is 2.32. The Morgan fingerprint density at radius 2 is 1.40 bits per heavy atom. The van der Waals surface area contributed by atoms with Gasteiger partial charge in [-0.15, -0.1) is 0 Å². The molecule has 0 atom stereocenters. The van der Waals surface area contributed by atoms with E-state index in [0.717, 1.165) is 17.7 Å². The summed E-state index contributed by atoms with van der Waals surface area (Å²) < 4.78 is 10.8. The molecule has 0 spiro atoms. The molecule has 0 aliphatic rings. The second-order valence-electron chi connectivity index (χ2n) is 5.52. The highest BCUT2D eigenvalue weighted by Gasteiger charge is 2.25. The summed E-state index contributed by atoms with van der Waals surface area (Å²) in [6.07, 6.45) is 0.683.